The average molecular weight is 152 g/mol. The van der Waals surface area contributed by atoms with Gasteiger partial charge in [-0.1, -0.05) is 0 Å². The van der Waals surface area contributed by atoms with E-state index in [9.17, 15) is 4.79 Å². The van der Waals surface area contributed by atoms with E-state index in [1.807, 2.05) is 0 Å². The molecule has 1 aromatic rings. The minimum absolute atomic E-state index is 0.382. The molecule has 0 saturated heterocycles. The maximum absolute atomic E-state index is 10.6. The number of carbonyl (C=O) groups excluding carboxylic acids is 1. The first-order chi connectivity index (χ1) is 5.24. The van der Waals surface area contributed by atoms with Gasteiger partial charge in [-0.3, -0.25) is 4.79 Å². The van der Waals surface area contributed by atoms with Crippen molar-refractivity contribution in [3.63, 3.8) is 0 Å². The summed E-state index contributed by atoms with van der Waals surface area (Å²) >= 11 is 0. The summed E-state index contributed by atoms with van der Waals surface area (Å²) in [5.41, 5.74) is 7.69. The van der Waals surface area contributed by atoms with Gasteiger partial charge in [0.2, 0.25) is 5.91 Å². The highest BCUT2D eigenvalue weighted by atomic mass is 16.1. The lowest BCUT2D eigenvalue weighted by Gasteiger charge is -1.98. The zero-order chi connectivity index (χ0) is 8.27. The van der Waals surface area contributed by atoms with E-state index in [1.165, 1.54) is 18.3 Å². The Hall–Kier alpha value is -1.62. The van der Waals surface area contributed by atoms with E-state index < -0.39 is 5.91 Å². The number of aromatic nitrogens is 1. The van der Waals surface area contributed by atoms with Gasteiger partial charge in [0.25, 0.3) is 0 Å². The fourth-order valence-corrected chi connectivity index (χ4v) is 0.663. The van der Waals surface area contributed by atoms with Crippen LogP contribution in [0, 0.1) is 0 Å². The number of nitrogens with one attached hydrogen (secondary N) is 1. The number of pyridine rings is 1. The standard InChI is InChI=1S/C6H8N4O/c7-6(11)4-1-2-9-5(3-4)10-8/h1-3H,8H2,(H2,7,11)(H,9,10). The molecule has 1 aromatic heterocycles. The highest BCUT2D eigenvalue weighted by Crippen LogP contribution is 2.03. The van der Waals surface area contributed by atoms with Crippen LogP contribution in [0.3, 0.4) is 0 Å². The van der Waals surface area contributed by atoms with Crippen molar-refractivity contribution in [1.82, 2.24) is 4.98 Å². The molecule has 0 radical (unpaired) electrons. The monoisotopic (exact) mass is 152 g/mol. The van der Waals surface area contributed by atoms with Gasteiger partial charge in [-0.15, -0.1) is 0 Å². The molecule has 1 amide bonds. The molecule has 0 saturated carbocycles. The maximum Gasteiger partial charge on any atom is 0.248 e. The molecular weight excluding hydrogens is 144 g/mol. The Morgan fingerprint density at radius 2 is 2.36 bits per heavy atom. The van der Waals surface area contributed by atoms with E-state index >= 15 is 0 Å². The fourth-order valence-electron chi connectivity index (χ4n) is 0.663. The second-order valence-electron chi connectivity index (χ2n) is 1.94. The molecule has 0 fully saturated rings. The van der Waals surface area contributed by atoms with Crippen LogP contribution in [0.25, 0.3) is 0 Å². The maximum atomic E-state index is 10.6. The van der Waals surface area contributed by atoms with Gasteiger partial charge in [-0.05, 0) is 12.1 Å². The van der Waals surface area contributed by atoms with Crippen molar-refractivity contribution in [2.24, 2.45) is 11.6 Å². The molecule has 5 heteroatoms. The predicted octanol–water partition coefficient (Wildman–Crippen LogP) is -0.534. The van der Waals surface area contributed by atoms with Crippen molar-refractivity contribution >= 4 is 11.7 Å². The van der Waals surface area contributed by atoms with Gasteiger partial charge in [-0.2, -0.15) is 0 Å². The smallest absolute Gasteiger partial charge is 0.248 e. The molecule has 1 heterocycles. The third-order valence-corrected chi connectivity index (χ3v) is 1.19. The number of hydrazine groups is 1. The molecule has 0 aliphatic carbocycles. The lowest BCUT2D eigenvalue weighted by Crippen LogP contribution is -2.13. The minimum atomic E-state index is -0.496. The molecule has 0 aromatic carbocycles. The molecule has 0 bridgehead atoms. The molecule has 5 nitrogen and oxygen atoms in total. The molecule has 5 N–H and O–H groups in total. The lowest BCUT2D eigenvalue weighted by atomic mass is 10.2. The van der Waals surface area contributed by atoms with Gasteiger partial charge in [0, 0.05) is 11.8 Å². The van der Waals surface area contributed by atoms with Crippen LogP contribution in [0.15, 0.2) is 18.3 Å². The van der Waals surface area contributed by atoms with Crippen LogP contribution >= 0.6 is 0 Å². The first kappa shape index (κ1) is 7.49. The Labute approximate surface area is 63.4 Å². The van der Waals surface area contributed by atoms with E-state index in [0.29, 0.717) is 11.4 Å². The van der Waals surface area contributed by atoms with Crippen LogP contribution in [-0.2, 0) is 0 Å². The zero-order valence-corrected chi connectivity index (χ0v) is 5.74. The Morgan fingerprint density at radius 1 is 1.64 bits per heavy atom. The van der Waals surface area contributed by atoms with Crippen LogP contribution in [0.1, 0.15) is 10.4 Å². The molecule has 0 spiro atoms. The summed E-state index contributed by atoms with van der Waals surface area (Å²) in [6.45, 7) is 0. The molecule has 0 aliphatic rings. The largest absolute Gasteiger partial charge is 0.366 e. The number of hydrogen-bond acceptors (Lipinski definition) is 4. The SMILES string of the molecule is NNc1cc(C(N)=O)ccn1. The second kappa shape index (κ2) is 2.98. The van der Waals surface area contributed by atoms with Gasteiger partial charge < -0.3 is 11.2 Å². The van der Waals surface area contributed by atoms with Crippen molar-refractivity contribution in [3.05, 3.63) is 23.9 Å². The van der Waals surface area contributed by atoms with Crippen LogP contribution in [0.4, 0.5) is 5.82 Å². The number of nitrogens with two attached hydrogens (primary N) is 2. The van der Waals surface area contributed by atoms with Crippen molar-refractivity contribution in [3.8, 4) is 0 Å². The van der Waals surface area contributed by atoms with E-state index in [1.54, 1.807) is 0 Å². The molecule has 1 rings (SSSR count). The van der Waals surface area contributed by atoms with Crippen molar-refractivity contribution in [1.29, 1.82) is 0 Å². The van der Waals surface area contributed by atoms with Crippen molar-refractivity contribution in [2.45, 2.75) is 0 Å². The molecule has 58 valence electrons. The zero-order valence-electron chi connectivity index (χ0n) is 5.74. The van der Waals surface area contributed by atoms with Crippen molar-refractivity contribution in [2.75, 3.05) is 5.43 Å². The first-order valence-corrected chi connectivity index (χ1v) is 2.96. The Balaban J connectivity index is 3.01. The number of carbonyl (C=O) groups is 1. The van der Waals surface area contributed by atoms with Gasteiger partial charge in [0.05, 0.1) is 0 Å². The predicted molar refractivity (Wildman–Crippen MR) is 40.6 cm³/mol. The number of nitrogen functional groups attached to an aromatic ring is 1. The summed E-state index contributed by atoms with van der Waals surface area (Å²) in [4.78, 5) is 14.4. The molecule has 0 unspecified atom stereocenters. The fraction of sp³-hybridized carbons (Fsp3) is 0. The van der Waals surface area contributed by atoms with Gasteiger partial charge in [0.15, 0.2) is 0 Å². The minimum Gasteiger partial charge on any atom is -0.366 e. The van der Waals surface area contributed by atoms with E-state index in [4.69, 9.17) is 11.6 Å². The van der Waals surface area contributed by atoms with E-state index in [0.717, 1.165) is 0 Å². The Morgan fingerprint density at radius 3 is 2.91 bits per heavy atom. The third kappa shape index (κ3) is 1.65. The molecular formula is C6H8N4O. The number of amides is 1. The van der Waals surface area contributed by atoms with Crippen LogP contribution in [0.2, 0.25) is 0 Å². The summed E-state index contributed by atoms with van der Waals surface area (Å²) in [5.74, 6) is 4.98. The number of rotatable bonds is 2. The number of primary amides is 1. The number of anilines is 1. The molecule has 0 atom stereocenters. The van der Waals surface area contributed by atoms with Gasteiger partial charge in [0.1, 0.15) is 5.82 Å². The highest BCUT2D eigenvalue weighted by molar-refractivity contribution is 5.93. The molecule has 11 heavy (non-hydrogen) atoms. The lowest BCUT2D eigenvalue weighted by molar-refractivity contribution is 0.100. The number of hydrogen-bond donors (Lipinski definition) is 3. The van der Waals surface area contributed by atoms with Crippen LogP contribution in [0.5, 0.6) is 0 Å². The van der Waals surface area contributed by atoms with Gasteiger partial charge in [-0.25, -0.2) is 10.8 Å². The average Bonchev–Trinajstić information content (AvgIpc) is 2.05. The van der Waals surface area contributed by atoms with Crippen LogP contribution < -0.4 is 17.0 Å². The summed E-state index contributed by atoms with van der Waals surface area (Å²) in [5, 5.41) is 0. The normalized spacial score (nSPS) is 9.18. The Bertz CT molecular complexity index is 273. The quantitative estimate of drug-likeness (QED) is 0.392. The summed E-state index contributed by atoms with van der Waals surface area (Å²) in [6, 6.07) is 2.99. The van der Waals surface area contributed by atoms with Gasteiger partial charge >= 0.3 is 0 Å². The third-order valence-electron chi connectivity index (χ3n) is 1.19. The summed E-state index contributed by atoms with van der Waals surface area (Å²) in [7, 11) is 0. The number of nitrogens with zero attached hydrogens (tertiary/aromatic N) is 1. The Kier molecular flexibility index (Phi) is 2.03. The molecule has 0 aliphatic heterocycles. The highest BCUT2D eigenvalue weighted by Gasteiger charge is 1.99. The van der Waals surface area contributed by atoms with E-state index in [2.05, 4.69) is 10.4 Å². The topological polar surface area (TPSA) is 94.0 Å². The second-order valence-corrected chi connectivity index (χ2v) is 1.94. The summed E-state index contributed by atoms with van der Waals surface area (Å²) < 4.78 is 0. The van der Waals surface area contributed by atoms with Crippen molar-refractivity contribution < 1.29 is 4.79 Å². The first-order valence-electron chi connectivity index (χ1n) is 2.96. The van der Waals surface area contributed by atoms with E-state index in [-0.39, 0.29) is 0 Å². The van der Waals surface area contributed by atoms with Crippen LogP contribution in [-0.4, -0.2) is 10.9 Å². The summed E-state index contributed by atoms with van der Waals surface area (Å²) in [6.07, 6.45) is 1.45.